The molecular weight excluding hydrogens is 518 g/mol. The molecular formula is C24H20BrN5O3S. The summed E-state index contributed by atoms with van der Waals surface area (Å²) in [4.78, 5) is 18.7. The Morgan fingerprint density at radius 3 is 2.24 bits per heavy atom. The van der Waals surface area contributed by atoms with Gasteiger partial charge in [0.15, 0.2) is 5.69 Å². The van der Waals surface area contributed by atoms with Crippen LogP contribution in [0.2, 0.25) is 0 Å². The third-order valence-corrected chi connectivity index (χ3v) is 8.19. The normalized spacial score (nSPS) is 14.9. The number of hydrogen-bond donors (Lipinski definition) is 0. The highest BCUT2D eigenvalue weighted by molar-refractivity contribution is 9.10. The lowest BCUT2D eigenvalue weighted by Gasteiger charge is -2.33. The highest BCUT2D eigenvalue weighted by atomic mass is 79.9. The second kappa shape index (κ2) is 9.21. The van der Waals surface area contributed by atoms with Crippen molar-refractivity contribution < 1.29 is 13.2 Å². The van der Waals surface area contributed by atoms with E-state index in [1.165, 1.54) is 4.31 Å². The Kier molecular flexibility index (Phi) is 6.11. The molecule has 1 saturated heterocycles. The largest absolute Gasteiger partial charge is 0.335 e. The van der Waals surface area contributed by atoms with Crippen LogP contribution in [0.4, 0.5) is 0 Å². The molecule has 0 bridgehead atoms. The predicted molar refractivity (Wildman–Crippen MR) is 132 cm³/mol. The van der Waals surface area contributed by atoms with E-state index < -0.39 is 10.0 Å². The van der Waals surface area contributed by atoms with Crippen LogP contribution in [0.15, 0.2) is 82.4 Å². The molecule has 10 heteroatoms. The number of rotatable bonds is 4. The fraction of sp³-hybridized carbons (Fsp3) is 0.167. The lowest BCUT2D eigenvalue weighted by molar-refractivity contribution is 0.0691. The van der Waals surface area contributed by atoms with E-state index in [0.717, 1.165) is 20.8 Å². The minimum atomic E-state index is -3.66. The smallest absolute Gasteiger partial charge is 0.274 e. The van der Waals surface area contributed by atoms with Crippen molar-refractivity contribution in [1.29, 1.82) is 0 Å². The quantitative estimate of drug-likeness (QED) is 0.394. The zero-order valence-electron chi connectivity index (χ0n) is 18.0. The minimum absolute atomic E-state index is 0.217. The first-order chi connectivity index (χ1) is 16.4. The summed E-state index contributed by atoms with van der Waals surface area (Å²) >= 11 is 3.43. The molecule has 1 aliphatic rings. The zero-order valence-corrected chi connectivity index (χ0v) is 20.4. The summed E-state index contributed by atoms with van der Waals surface area (Å²) in [5.41, 5.74) is 1.74. The number of amides is 1. The van der Waals surface area contributed by atoms with Crippen molar-refractivity contribution in [2.75, 3.05) is 26.2 Å². The maximum atomic E-state index is 13.2. The highest BCUT2D eigenvalue weighted by Crippen LogP contribution is 2.25. The van der Waals surface area contributed by atoms with Crippen LogP contribution in [0.25, 0.3) is 22.0 Å². The van der Waals surface area contributed by atoms with Gasteiger partial charge in [-0.15, -0.1) is 10.2 Å². The number of hydrogen-bond acceptors (Lipinski definition) is 6. The van der Waals surface area contributed by atoms with Crippen molar-refractivity contribution in [2.45, 2.75) is 4.90 Å². The van der Waals surface area contributed by atoms with Crippen LogP contribution in [0, 0.1) is 0 Å². The maximum absolute atomic E-state index is 13.2. The monoisotopic (exact) mass is 537 g/mol. The standard InChI is InChI=1S/C24H20BrN5O3S/c25-20-3-1-19-16-21(4-2-18(19)15-20)34(32,33)30-13-11-29(12-14-30)24(31)23-6-5-22(27-28-23)17-7-9-26-10-8-17/h1-10,15-16H,11-14H2. The molecule has 2 aromatic carbocycles. The van der Waals surface area contributed by atoms with E-state index in [9.17, 15) is 13.2 Å². The fourth-order valence-corrected chi connectivity index (χ4v) is 5.76. The van der Waals surface area contributed by atoms with E-state index in [0.29, 0.717) is 5.69 Å². The van der Waals surface area contributed by atoms with Crippen LogP contribution in [-0.4, -0.2) is 64.9 Å². The number of aromatic nitrogens is 3. The number of benzene rings is 2. The average Bonchev–Trinajstić information content (AvgIpc) is 2.88. The van der Waals surface area contributed by atoms with Gasteiger partial charge in [0.2, 0.25) is 10.0 Å². The summed E-state index contributed by atoms with van der Waals surface area (Å²) in [6.45, 7) is 1.00. The van der Waals surface area contributed by atoms with Gasteiger partial charge in [-0.25, -0.2) is 8.42 Å². The Morgan fingerprint density at radius 2 is 1.53 bits per heavy atom. The summed E-state index contributed by atoms with van der Waals surface area (Å²) in [6.07, 6.45) is 3.33. The molecule has 3 heterocycles. The molecule has 0 radical (unpaired) electrons. The number of nitrogens with zero attached hydrogens (tertiary/aromatic N) is 5. The first-order valence-corrected chi connectivity index (χ1v) is 12.9. The molecule has 1 fully saturated rings. The van der Waals surface area contributed by atoms with Crippen molar-refractivity contribution in [2.24, 2.45) is 0 Å². The number of carbonyl (C=O) groups excluding carboxylic acids is 1. The SMILES string of the molecule is O=C(c1ccc(-c2ccncc2)nn1)N1CCN(S(=O)(=O)c2ccc3cc(Br)ccc3c2)CC1. The molecule has 1 aliphatic heterocycles. The lowest BCUT2D eigenvalue weighted by atomic mass is 10.1. The Morgan fingerprint density at radius 1 is 0.824 bits per heavy atom. The minimum Gasteiger partial charge on any atom is -0.335 e. The number of sulfonamides is 1. The number of halogens is 1. The van der Waals surface area contributed by atoms with Gasteiger partial charge >= 0.3 is 0 Å². The van der Waals surface area contributed by atoms with Crippen molar-refractivity contribution in [3.63, 3.8) is 0 Å². The van der Waals surface area contributed by atoms with E-state index >= 15 is 0 Å². The van der Waals surface area contributed by atoms with Gasteiger partial charge in [0.1, 0.15) is 0 Å². The number of carbonyl (C=O) groups is 1. The molecule has 34 heavy (non-hydrogen) atoms. The van der Waals surface area contributed by atoms with Gasteiger partial charge in [0.25, 0.3) is 5.91 Å². The molecule has 0 saturated carbocycles. The predicted octanol–water partition coefficient (Wildman–Crippen LogP) is 3.60. The topological polar surface area (TPSA) is 96.4 Å². The molecule has 0 atom stereocenters. The van der Waals surface area contributed by atoms with Crippen LogP contribution in [0.1, 0.15) is 10.5 Å². The maximum Gasteiger partial charge on any atom is 0.274 e. The van der Waals surface area contributed by atoms with Crippen LogP contribution in [0.3, 0.4) is 0 Å². The third kappa shape index (κ3) is 4.44. The Labute approximate surface area is 205 Å². The molecule has 172 valence electrons. The number of fused-ring (bicyclic) bond motifs is 1. The molecule has 0 aliphatic carbocycles. The van der Waals surface area contributed by atoms with E-state index in [2.05, 4.69) is 31.1 Å². The molecule has 0 N–H and O–H groups in total. The van der Waals surface area contributed by atoms with Gasteiger partial charge in [0, 0.05) is 48.6 Å². The highest BCUT2D eigenvalue weighted by Gasteiger charge is 2.31. The van der Waals surface area contributed by atoms with Crippen molar-refractivity contribution >= 4 is 42.6 Å². The van der Waals surface area contributed by atoms with Crippen LogP contribution >= 0.6 is 15.9 Å². The molecule has 0 unspecified atom stereocenters. The third-order valence-electron chi connectivity index (χ3n) is 5.80. The lowest BCUT2D eigenvalue weighted by Crippen LogP contribution is -2.50. The fourth-order valence-electron chi connectivity index (χ4n) is 3.92. The van der Waals surface area contributed by atoms with Crippen molar-refractivity contribution in [3.8, 4) is 11.3 Å². The number of piperazine rings is 1. The van der Waals surface area contributed by atoms with Gasteiger partial charge in [-0.1, -0.05) is 28.1 Å². The molecule has 8 nitrogen and oxygen atoms in total. The van der Waals surface area contributed by atoms with Crippen LogP contribution in [0.5, 0.6) is 0 Å². The van der Waals surface area contributed by atoms with Gasteiger partial charge in [-0.3, -0.25) is 9.78 Å². The van der Waals surface area contributed by atoms with Gasteiger partial charge in [0.05, 0.1) is 10.6 Å². The molecule has 0 spiro atoms. The van der Waals surface area contributed by atoms with E-state index in [1.807, 2.05) is 30.3 Å². The molecule has 4 aromatic rings. The van der Waals surface area contributed by atoms with E-state index in [-0.39, 0.29) is 42.7 Å². The van der Waals surface area contributed by atoms with Gasteiger partial charge < -0.3 is 4.90 Å². The van der Waals surface area contributed by atoms with Gasteiger partial charge in [-0.2, -0.15) is 4.31 Å². The number of pyridine rings is 1. The first-order valence-electron chi connectivity index (χ1n) is 10.6. The summed E-state index contributed by atoms with van der Waals surface area (Å²) < 4.78 is 28.8. The van der Waals surface area contributed by atoms with Crippen LogP contribution < -0.4 is 0 Å². The second-order valence-corrected chi connectivity index (χ2v) is 10.7. The summed E-state index contributed by atoms with van der Waals surface area (Å²) in [5, 5.41) is 10.1. The molecule has 1 amide bonds. The molecule has 5 rings (SSSR count). The van der Waals surface area contributed by atoms with Gasteiger partial charge in [-0.05, 0) is 59.3 Å². The Hall–Kier alpha value is -3.21. The first kappa shape index (κ1) is 22.6. The van der Waals surface area contributed by atoms with Crippen LogP contribution in [-0.2, 0) is 10.0 Å². The summed E-state index contributed by atoms with van der Waals surface area (Å²) in [5.74, 6) is -0.262. The summed E-state index contributed by atoms with van der Waals surface area (Å²) in [7, 11) is -3.66. The van der Waals surface area contributed by atoms with Crippen molar-refractivity contribution in [1.82, 2.24) is 24.4 Å². The average molecular weight is 538 g/mol. The zero-order chi connectivity index (χ0) is 23.7. The Bertz CT molecular complexity index is 1460. The van der Waals surface area contributed by atoms with E-state index in [4.69, 9.17) is 0 Å². The molecule has 2 aromatic heterocycles. The second-order valence-electron chi connectivity index (χ2n) is 7.89. The van der Waals surface area contributed by atoms with E-state index in [1.54, 1.807) is 47.6 Å². The summed E-state index contributed by atoms with van der Waals surface area (Å²) in [6, 6.07) is 17.9. The van der Waals surface area contributed by atoms with Crippen molar-refractivity contribution in [3.05, 3.63) is 83.2 Å². The Balaban J connectivity index is 1.27.